The fraction of sp³-hybridized carbons (Fsp3) is 0.400. The van der Waals surface area contributed by atoms with Gasteiger partial charge in [0.15, 0.2) is 0 Å². The van der Waals surface area contributed by atoms with E-state index in [2.05, 4.69) is 10.2 Å². The molecule has 0 bridgehead atoms. The van der Waals surface area contributed by atoms with Crippen molar-refractivity contribution in [3.8, 4) is 0 Å². The van der Waals surface area contributed by atoms with E-state index in [0.717, 1.165) is 6.21 Å². The summed E-state index contributed by atoms with van der Waals surface area (Å²) in [4.78, 5) is 10.5. The largest absolute Gasteiger partial charge is 0.394 e. The molecule has 0 atom stereocenters. The molecule has 0 fully saturated rings. The SMILES string of the molecule is O=C1C=NN=C1CC(F)(F)F. The molecule has 0 spiro atoms. The third kappa shape index (κ3) is 2.14. The first-order valence-electron chi connectivity index (χ1n) is 2.70. The number of carbonyl (C=O) groups is 1. The predicted molar refractivity (Wildman–Crippen MR) is 31.6 cm³/mol. The summed E-state index contributed by atoms with van der Waals surface area (Å²) in [6, 6.07) is 0. The summed E-state index contributed by atoms with van der Waals surface area (Å²) in [5.41, 5.74) is -0.544. The molecule has 0 aromatic heterocycles. The number of halogens is 3. The third-order valence-electron chi connectivity index (χ3n) is 1.01. The molecule has 1 heterocycles. The molecule has 1 aliphatic heterocycles. The zero-order valence-corrected chi connectivity index (χ0v) is 5.22. The minimum absolute atomic E-state index is 0.544. The van der Waals surface area contributed by atoms with Crippen LogP contribution in [0.5, 0.6) is 0 Å². The molecule has 0 N–H and O–H groups in total. The minimum atomic E-state index is -4.39. The van der Waals surface area contributed by atoms with Gasteiger partial charge in [-0.3, -0.25) is 4.79 Å². The number of alkyl halides is 3. The number of rotatable bonds is 1. The average molecular weight is 164 g/mol. The van der Waals surface area contributed by atoms with Gasteiger partial charge >= 0.3 is 6.18 Å². The second-order valence-corrected chi connectivity index (χ2v) is 1.95. The van der Waals surface area contributed by atoms with E-state index < -0.39 is 24.1 Å². The Morgan fingerprint density at radius 2 is 2.09 bits per heavy atom. The van der Waals surface area contributed by atoms with Gasteiger partial charge in [0.1, 0.15) is 5.71 Å². The number of Topliss-reactive ketones (excluding diaryl/α,β-unsaturated/α-hetero) is 1. The first-order chi connectivity index (χ1) is 4.99. The summed E-state index contributed by atoms with van der Waals surface area (Å²) in [7, 11) is 0. The second kappa shape index (κ2) is 2.44. The van der Waals surface area contributed by atoms with Gasteiger partial charge in [-0.25, -0.2) is 0 Å². The Bertz CT molecular complexity index is 241. The molecule has 0 aliphatic carbocycles. The Morgan fingerprint density at radius 1 is 1.45 bits per heavy atom. The topological polar surface area (TPSA) is 41.8 Å². The first-order valence-corrected chi connectivity index (χ1v) is 2.70. The highest BCUT2D eigenvalue weighted by Gasteiger charge is 2.33. The van der Waals surface area contributed by atoms with Gasteiger partial charge in [0, 0.05) is 0 Å². The van der Waals surface area contributed by atoms with Crippen molar-refractivity contribution < 1.29 is 18.0 Å². The molecule has 60 valence electrons. The lowest BCUT2D eigenvalue weighted by atomic mass is 10.2. The lowest BCUT2D eigenvalue weighted by molar-refractivity contribution is -0.124. The van der Waals surface area contributed by atoms with Crippen molar-refractivity contribution in [3.63, 3.8) is 0 Å². The highest BCUT2D eigenvalue weighted by atomic mass is 19.4. The van der Waals surface area contributed by atoms with E-state index in [1.807, 2.05) is 0 Å². The van der Waals surface area contributed by atoms with Crippen molar-refractivity contribution in [1.29, 1.82) is 0 Å². The molecule has 0 unspecified atom stereocenters. The van der Waals surface area contributed by atoms with Crippen molar-refractivity contribution in [3.05, 3.63) is 0 Å². The first kappa shape index (κ1) is 7.90. The molecule has 0 aromatic rings. The van der Waals surface area contributed by atoms with Crippen LogP contribution in [0.1, 0.15) is 6.42 Å². The molecular formula is C5H3F3N2O. The van der Waals surface area contributed by atoms with E-state index in [1.165, 1.54) is 0 Å². The standard InChI is InChI=1S/C5H3F3N2O/c6-5(7,8)1-3-4(11)2-9-10-3/h2H,1H2. The van der Waals surface area contributed by atoms with Crippen LogP contribution in [0.2, 0.25) is 0 Å². The average Bonchev–Trinajstić information content (AvgIpc) is 2.12. The Morgan fingerprint density at radius 3 is 2.45 bits per heavy atom. The van der Waals surface area contributed by atoms with Crippen molar-refractivity contribution in [1.82, 2.24) is 0 Å². The van der Waals surface area contributed by atoms with Crippen molar-refractivity contribution in [2.45, 2.75) is 12.6 Å². The van der Waals surface area contributed by atoms with Gasteiger partial charge in [0.05, 0.1) is 12.6 Å². The predicted octanol–water partition coefficient (Wildman–Crippen LogP) is 0.948. The summed E-state index contributed by atoms with van der Waals surface area (Å²) in [6.07, 6.45) is -4.92. The summed E-state index contributed by atoms with van der Waals surface area (Å²) >= 11 is 0. The van der Waals surface area contributed by atoms with Gasteiger partial charge in [-0.15, -0.1) is 0 Å². The lowest BCUT2D eigenvalue weighted by Gasteiger charge is -2.02. The van der Waals surface area contributed by atoms with E-state index in [4.69, 9.17) is 0 Å². The fourth-order valence-corrected chi connectivity index (χ4v) is 0.587. The zero-order valence-electron chi connectivity index (χ0n) is 5.22. The van der Waals surface area contributed by atoms with Crippen LogP contribution < -0.4 is 0 Å². The fourth-order valence-electron chi connectivity index (χ4n) is 0.587. The van der Waals surface area contributed by atoms with Crippen LogP contribution in [0, 0.1) is 0 Å². The Hall–Kier alpha value is -1.20. The van der Waals surface area contributed by atoms with Crippen LogP contribution in [0.4, 0.5) is 13.2 Å². The molecule has 0 saturated carbocycles. The van der Waals surface area contributed by atoms with E-state index in [-0.39, 0.29) is 0 Å². The number of nitrogens with zero attached hydrogens (tertiary/aromatic N) is 2. The molecule has 0 amide bonds. The normalized spacial score (nSPS) is 17.4. The quantitative estimate of drug-likeness (QED) is 0.568. The summed E-state index contributed by atoms with van der Waals surface area (Å²) in [5.74, 6) is -0.762. The van der Waals surface area contributed by atoms with Crippen molar-refractivity contribution in [2.75, 3.05) is 0 Å². The van der Waals surface area contributed by atoms with E-state index in [1.54, 1.807) is 0 Å². The molecule has 1 aliphatic rings. The monoisotopic (exact) mass is 164 g/mol. The molecule has 3 nitrogen and oxygen atoms in total. The van der Waals surface area contributed by atoms with Crippen LogP contribution in [-0.2, 0) is 4.79 Å². The molecule has 11 heavy (non-hydrogen) atoms. The van der Waals surface area contributed by atoms with Gasteiger partial charge in [0.25, 0.3) is 0 Å². The molecule has 0 saturated heterocycles. The smallest absolute Gasteiger partial charge is 0.286 e. The number of hydrogen-bond donors (Lipinski definition) is 0. The van der Waals surface area contributed by atoms with Gasteiger partial charge in [-0.2, -0.15) is 23.4 Å². The van der Waals surface area contributed by atoms with Gasteiger partial charge in [-0.1, -0.05) is 0 Å². The van der Waals surface area contributed by atoms with Gasteiger partial charge in [-0.05, 0) is 0 Å². The highest BCUT2D eigenvalue weighted by molar-refractivity contribution is 6.62. The second-order valence-electron chi connectivity index (χ2n) is 1.95. The maximum atomic E-state index is 11.6. The van der Waals surface area contributed by atoms with Gasteiger partial charge < -0.3 is 0 Å². The molecule has 1 rings (SSSR count). The molecule has 0 radical (unpaired) electrons. The highest BCUT2D eigenvalue weighted by Crippen LogP contribution is 2.21. The van der Waals surface area contributed by atoms with Crippen molar-refractivity contribution in [2.24, 2.45) is 10.2 Å². The van der Waals surface area contributed by atoms with Crippen LogP contribution >= 0.6 is 0 Å². The summed E-state index contributed by atoms with van der Waals surface area (Å²) in [6.45, 7) is 0. The molecule has 6 heteroatoms. The Balaban J connectivity index is 2.60. The van der Waals surface area contributed by atoms with Gasteiger partial charge in [0.2, 0.25) is 5.78 Å². The van der Waals surface area contributed by atoms with Crippen LogP contribution in [-0.4, -0.2) is 23.9 Å². The van der Waals surface area contributed by atoms with Crippen molar-refractivity contribution >= 4 is 17.7 Å². The van der Waals surface area contributed by atoms with E-state index >= 15 is 0 Å². The van der Waals surface area contributed by atoms with E-state index in [9.17, 15) is 18.0 Å². The maximum Gasteiger partial charge on any atom is 0.394 e. The summed E-state index contributed by atoms with van der Waals surface area (Å²) in [5, 5.41) is 6.06. The lowest BCUT2D eigenvalue weighted by Crippen LogP contribution is -2.20. The molecule has 0 aromatic carbocycles. The number of hydrogen-bond acceptors (Lipinski definition) is 3. The maximum absolute atomic E-state index is 11.6. The number of ketones is 1. The Labute approximate surface area is 59.6 Å². The minimum Gasteiger partial charge on any atom is -0.286 e. The molecular weight excluding hydrogens is 161 g/mol. The Kier molecular flexibility index (Phi) is 1.76. The van der Waals surface area contributed by atoms with Crippen LogP contribution in [0.25, 0.3) is 0 Å². The summed E-state index contributed by atoms with van der Waals surface area (Å²) < 4.78 is 34.8. The van der Waals surface area contributed by atoms with Crippen LogP contribution in [0.15, 0.2) is 10.2 Å². The van der Waals surface area contributed by atoms with Crippen LogP contribution in [0.3, 0.4) is 0 Å². The third-order valence-corrected chi connectivity index (χ3v) is 1.01. The van der Waals surface area contributed by atoms with E-state index in [0.29, 0.717) is 0 Å². The zero-order chi connectivity index (χ0) is 8.48. The number of carbonyl (C=O) groups excluding carboxylic acids is 1.